The van der Waals surface area contributed by atoms with Crippen LogP contribution in [0.1, 0.15) is 18.1 Å². The van der Waals surface area contributed by atoms with E-state index in [1.54, 1.807) is 13.8 Å². The van der Waals surface area contributed by atoms with Crippen molar-refractivity contribution < 1.29 is 14.5 Å². The van der Waals surface area contributed by atoms with E-state index in [4.69, 9.17) is 10.5 Å². The Hall–Kier alpha value is -2.11. The quantitative estimate of drug-likeness (QED) is 0.618. The highest BCUT2D eigenvalue weighted by Crippen LogP contribution is 2.30. The van der Waals surface area contributed by atoms with Gasteiger partial charge in [-0.2, -0.15) is 0 Å². The molecular formula is C11H14N2O4. The van der Waals surface area contributed by atoms with Crippen molar-refractivity contribution in [3.8, 4) is 5.75 Å². The van der Waals surface area contributed by atoms with Crippen molar-refractivity contribution in [1.82, 2.24) is 0 Å². The highest BCUT2D eigenvalue weighted by atomic mass is 16.6. The molecule has 0 aliphatic carbocycles. The number of nitrogens with zero attached hydrogens (tertiary/aromatic N) is 1. The molecule has 0 aromatic heterocycles. The molecule has 1 rings (SSSR count). The van der Waals surface area contributed by atoms with Gasteiger partial charge in [-0.25, -0.2) is 0 Å². The molecule has 0 atom stereocenters. The van der Waals surface area contributed by atoms with Crippen molar-refractivity contribution >= 4 is 11.6 Å². The van der Waals surface area contributed by atoms with Crippen LogP contribution in [0.5, 0.6) is 5.75 Å². The predicted octanol–water partition coefficient (Wildman–Crippen LogP) is 1.33. The molecule has 0 radical (unpaired) electrons. The third-order valence-corrected chi connectivity index (χ3v) is 2.28. The predicted molar refractivity (Wildman–Crippen MR) is 61.9 cm³/mol. The SMILES string of the molecule is CCOc1cc(CC(N)=O)c(C)cc1[N+](=O)[O-]. The van der Waals surface area contributed by atoms with E-state index in [-0.39, 0.29) is 17.9 Å². The number of carbonyl (C=O) groups is 1. The molecule has 1 aromatic rings. The normalized spacial score (nSPS) is 10.0. The van der Waals surface area contributed by atoms with Crippen molar-refractivity contribution in [2.45, 2.75) is 20.3 Å². The molecule has 0 fully saturated rings. The fourth-order valence-corrected chi connectivity index (χ4v) is 1.51. The third-order valence-electron chi connectivity index (χ3n) is 2.28. The summed E-state index contributed by atoms with van der Waals surface area (Å²) in [6, 6.07) is 2.89. The Bertz CT molecular complexity index is 457. The van der Waals surface area contributed by atoms with Crippen molar-refractivity contribution in [2.24, 2.45) is 5.73 Å². The molecular weight excluding hydrogens is 224 g/mol. The van der Waals surface area contributed by atoms with Crippen LogP contribution in [-0.4, -0.2) is 17.4 Å². The molecule has 92 valence electrons. The Morgan fingerprint density at radius 3 is 2.65 bits per heavy atom. The number of primary amides is 1. The first kappa shape index (κ1) is 13.0. The Balaban J connectivity index is 3.23. The van der Waals surface area contributed by atoms with Crippen LogP contribution in [0, 0.1) is 17.0 Å². The first-order valence-corrected chi connectivity index (χ1v) is 5.14. The van der Waals surface area contributed by atoms with E-state index in [9.17, 15) is 14.9 Å². The molecule has 0 saturated heterocycles. The van der Waals surface area contributed by atoms with Gasteiger partial charge in [-0.05, 0) is 31.0 Å². The van der Waals surface area contributed by atoms with Crippen molar-refractivity contribution in [3.05, 3.63) is 33.4 Å². The zero-order chi connectivity index (χ0) is 13.0. The number of carbonyl (C=O) groups excluding carboxylic acids is 1. The number of benzene rings is 1. The number of nitro benzene ring substituents is 1. The Morgan fingerprint density at radius 2 is 2.18 bits per heavy atom. The van der Waals surface area contributed by atoms with Gasteiger partial charge in [0, 0.05) is 6.07 Å². The molecule has 0 bridgehead atoms. The summed E-state index contributed by atoms with van der Waals surface area (Å²) < 4.78 is 5.18. The lowest BCUT2D eigenvalue weighted by Crippen LogP contribution is -2.14. The molecule has 17 heavy (non-hydrogen) atoms. The van der Waals surface area contributed by atoms with Gasteiger partial charge in [0.2, 0.25) is 5.91 Å². The monoisotopic (exact) mass is 238 g/mol. The fraction of sp³-hybridized carbons (Fsp3) is 0.364. The van der Waals surface area contributed by atoms with Gasteiger partial charge >= 0.3 is 5.69 Å². The minimum atomic E-state index is -0.508. The van der Waals surface area contributed by atoms with E-state index >= 15 is 0 Å². The van der Waals surface area contributed by atoms with Crippen LogP contribution in [0.15, 0.2) is 12.1 Å². The Morgan fingerprint density at radius 1 is 1.53 bits per heavy atom. The summed E-state index contributed by atoms with van der Waals surface area (Å²) in [5, 5.41) is 10.8. The molecule has 6 heteroatoms. The summed E-state index contributed by atoms with van der Waals surface area (Å²) in [5.74, 6) is -0.316. The Labute approximate surface area is 98.5 Å². The second kappa shape index (κ2) is 5.29. The minimum absolute atomic E-state index is 0.0455. The number of rotatable bonds is 5. The summed E-state index contributed by atoms with van der Waals surface area (Å²) in [6.45, 7) is 3.75. The number of hydrogen-bond acceptors (Lipinski definition) is 4. The molecule has 0 unspecified atom stereocenters. The third kappa shape index (κ3) is 3.17. The molecule has 2 N–H and O–H groups in total. The van der Waals surface area contributed by atoms with Crippen LogP contribution in [0.2, 0.25) is 0 Å². The lowest BCUT2D eigenvalue weighted by molar-refractivity contribution is -0.385. The molecule has 1 aromatic carbocycles. The molecule has 0 heterocycles. The largest absolute Gasteiger partial charge is 0.487 e. The first-order chi connectivity index (χ1) is 7.95. The average Bonchev–Trinajstić information content (AvgIpc) is 2.21. The zero-order valence-corrected chi connectivity index (χ0v) is 9.73. The fourth-order valence-electron chi connectivity index (χ4n) is 1.51. The van der Waals surface area contributed by atoms with Crippen LogP contribution in [-0.2, 0) is 11.2 Å². The number of aryl methyl sites for hydroxylation is 1. The Kier molecular flexibility index (Phi) is 4.03. The molecule has 6 nitrogen and oxygen atoms in total. The summed E-state index contributed by atoms with van der Waals surface area (Å²) in [6.07, 6.45) is 0.0455. The van der Waals surface area contributed by atoms with E-state index in [1.165, 1.54) is 12.1 Å². The van der Waals surface area contributed by atoms with E-state index in [0.717, 1.165) is 0 Å². The van der Waals surface area contributed by atoms with Gasteiger partial charge in [-0.3, -0.25) is 14.9 Å². The number of nitro groups is 1. The summed E-state index contributed by atoms with van der Waals surface area (Å²) in [5.41, 5.74) is 6.30. The number of amides is 1. The highest BCUT2D eigenvalue weighted by Gasteiger charge is 2.18. The lowest BCUT2D eigenvalue weighted by Gasteiger charge is -2.09. The van der Waals surface area contributed by atoms with Crippen LogP contribution in [0.25, 0.3) is 0 Å². The number of nitrogens with two attached hydrogens (primary N) is 1. The zero-order valence-electron chi connectivity index (χ0n) is 9.73. The molecule has 0 spiro atoms. The second-order valence-electron chi connectivity index (χ2n) is 3.58. The van der Waals surface area contributed by atoms with Crippen molar-refractivity contribution in [3.63, 3.8) is 0 Å². The van der Waals surface area contributed by atoms with Crippen LogP contribution in [0.3, 0.4) is 0 Å². The standard InChI is InChI=1S/C11H14N2O4/c1-3-17-10-5-8(6-11(12)14)7(2)4-9(10)13(15)16/h4-5H,3,6H2,1-2H3,(H2,12,14). The van der Waals surface area contributed by atoms with E-state index < -0.39 is 10.8 Å². The van der Waals surface area contributed by atoms with Crippen molar-refractivity contribution in [1.29, 1.82) is 0 Å². The van der Waals surface area contributed by atoms with Crippen molar-refractivity contribution in [2.75, 3.05) is 6.61 Å². The second-order valence-corrected chi connectivity index (χ2v) is 3.58. The maximum absolute atomic E-state index is 10.9. The molecule has 0 aliphatic heterocycles. The van der Waals surface area contributed by atoms with Gasteiger partial charge in [0.05, 0.1) is 18.0 Å². The highest BCUT2D eigenvalue weighted by molar-refractivity contribution is 5.77. The van der Waals surface area contributed by atoms with E-state index in [1.807, 2.05) is 0 Å². The van der Waals surface area contributed by atoms with Gasteiger partial charge in [-0.15, -0.1) is 0 Å². The smallest absolute Gasteiger partial charge is 0.311 e. The molecule has 1 amide bonds. The van der Waals surface area contributed by atoms with Gasteiger partial charge in [-0.1, -0.05) is 0 Å². The maximum Gasteiger partial charge on any atom is 0.311 e. The molecule has 0 saturated carbocycles. The van der Waals surface area contributed by atoms with Gasteiger partial charge in [0.1, 0.15) is 0 Å². The van der Waals surface area contributed by atoms with Gasteiger partial charge in [0.25, 0.3) is 0 Å². The number of hydrogen-bond donors (Lipinski definition) is 1. The van der Waals surface area contributed by atoms with Crippen LogP contribution >= 0.6 is 0 Å². The average molecular weight is 238 g/mol. The number of ether oxygens (including phenoxy) is 1. The summed E-state index contributed by atoms with van der Waals surface area (Å²) in [4.78, 5) is 21.2. The van der Waals surface area contributed by atoms with E-state index in [2.05, 4.69) is 0 Å². The van der Waals surface area contributed by atoms with Gasteiger partial charge < -0.3 is 10.5 Å². The molecule has 0 aliphatic rings. The lowest BCUT2D eigenvalue weighted by atomic mass is 10.0. The van der Waals surface area contributed by atoms with Crippen LogP contribution in [0.4, 0.5) is 5.69 Å². The topological polar surface area (TPSA) is 95.5 Å². The maximum atomic E-state index is 10.9. The first-order valence-electron chi connectivity index (χ1n) is 5.14. The minimum Gasteiger partial charge on any atom is -0.487 e. The summed E-state index contributed by atoms with van der Waals surface area (Å²) >= 11 is 0. The van der Waals surface area contributed by atoms with Gasteiger partial charge in [0.15, 0.2) is 5.75 Å². The van der Waals surface area contributed by atoms with Crippen LogP contribution < -0.4 is 10.5 Å². The van der Waals surface area contributed by atoms with E-state index in [0.29, 0.717) is 17.7 Å². The summed E-state index contributed by atoms with van der Waals surface area (Å²) in [7, 11) is 0.